The molecule has 0 saturated carbocycles. The Morgan fingerprint density at radius 1 is 1.17 bits per heavy atom. The summed E-state index contributed by atoms with van der Waals surface area (Å²) < 4.78 is 10.5. The molecular weight excluding hydrogens is 316 g/mol. The van der Waals surface area contributed by atoms with Crippen molar-refractivity contribution >= 4 is 23.7 Å². The van der Waals surface area contributed by atoms with E-state index in [-0.39, 0.29) is 5.91 Å². The molecule has 5 nitrogen and oxygen atoms in total. The smallest absolute Gasteiger partial charge is 0.272 e. The SMILES string of the molecule is COc1cc(C)c(C=NNC(=O)c2ccccc2Cl)cc1OC. The Morgan fingerprint density at radius 2 is 1.83 bits per heavy atom. The number of nitrogens with zero attached hydrogens (tertiary/aromatic N) is 1. The van der Waals surface area contributed by atoms with E-state index in [1.807, 2.05) is 13.0 Å². The Balaban J connectivity index is 2.15. The van der Waals surface area contributed by atoms with Crippen molar-refractivity contribution in [2.75, 3.05) is 14.2 Å². The summed E-state index contributed by atoms with van der Waals surface area (Å²) >= 11 is 5.97. The number of hydrogen-bond acceptors (Lipinski definition) is 4. The molecule has 6 heteroatoms. The monoisotopic (exact) mass is 332 g/mol. The molecule has 2 aromatic carbocycles. The van der Waals surface area contributed by atoms with Crippen molar-refractivity contribution in [3.63, 3.8) is 0 Å². The molecule has 1 N–H and O–H groups in total. The number of rotatable bonds is 5. The van der Waals surface area contributed by atoms with Crippen molar-refractivity contribution in [2.24, 2.45) is 5.10 Å². The van der Waals surface area contributed by atoms with Gasteiger partial charge in [-0.15, -0.1) is 0 Å². The molecule has 0 aliphatic rings. The van der Waals surface area contributed by atoms with E-state index >= 15 is 0 Å². The van der Waals surface area contributed by atoms with Gasteiger partial charge in [0.15, 0.2) is 11.5 Å². The van der Waals surface area contributed by atoms with Gasteiger partial charge in [-0.05, 0) is 36.8 Å². The van der Waals surface area contributed by atoms with Crippen molar-refractivity contribution in [3.8, 4) is 11.5 Å². The molecular formula is C17H17ClN2O3. The molecule has 0 aliphatic carbocycles. The minimum absolute atomic E-state index is 0.370. The summed E-state index contributed by atoms with van der Waals surface area (Å²) in [6.07, 6.45) is 1.55. The number of amides is 1. The quantitative estimate of drug-likeness (QED) is 0.674. The van der Waals surface area contributed by atoms with E-state index < -0.39 is 0 Å². The summed E-state index contributed by atoms with van der Waals surface area (Å²) in [6.45, 7) is 1.92. The first-order chi connectivity index (χ1) is 11.1. The van der Waals surface area contributed by atoms with Crippen LogP contribution >= 0.6 is 11.6 Å². The summed E-state index contributed by atoms with van der Waals surface area (Å²) in [5, 5.41) is 4.35. The van der Waals surface area contributed by atoms with Gasteiger partial charge >= 0.3 is 0 Å². The van der Waals surface area contributed by atoms with Gasteiger partial charge in [0.2, 0.25) is 0 Å². The standard InChI is InChI=1S/C17H17ClN2O3/c1-11-8-15(22-2)16(23-3)9-12(11)10-19-20-17(21)13-6-4-5-7-14(13)18/h4-10H,1-3H3,(H,20,21). The summed E-state index contributed by atoms with van der Waals surface area (Å²) in [5.41, 5.74) is 4.58. The van der Waals surface area contributed by atoms with Gasteiger partial charge in [-0.25, -0.2) is 5.43 Å². The van der Waals surface area contributed by atoms with Crippen LogP contribution in [0.1, 0.15) is 21.5 Å². The Kier molecular flexibility index (Phi) is 5.60. The summed E-state index contributed by atoms with van der Waals surface area (Å²) in [5.74, 6) is 0.865. The zero-order valence-corrected chi connectivity index (χ0v) is 13.8. The summed E-state index contributed by atoms with van der Waals surface area (Å²) in [7, 11) is 3.14. The number of halogens is 1. The molecule has 1 amide bonds. The maximum absolute atomic E-state index is 12.0. The van der Waals surface area contributed by atoms with Gasteiger partial charge in [-0.2, -0.15) is 5.10 Å². The second kappa shape index (κ2) is 7.65. The number of hydrazone groups is 1. The topological polar surface area (TPSA) is 59.9 Å². The predicted molar refractivity (Wildman–Crippen MR) is 90.8 cm³/mol. The molecule has 23 heavy (non-hydrogen) atoms. The number of carbonyl (C=O) groups excluding carboxylic acids is 1. The Labute approximate surface area is 139 Å². The Hall–Kier alpha value is -2.53. The van der Waals surface area contributed by atoms with Gasteiger partial charge in [-0.3, -0.25) is 4.79 Å². The highest BCUT2D eigenvalue weighted by Gasteiger charge is 2.09. The van der Waals surface area contributed by atoms with E-state index in [0.29, 0.717) is 22.1 Å². The molecule has 0 radical (unpaired) electrons. The van der Waals surface area contributed by atoms with E-state index in [1.54, 1.807) is 50.8 Å². The van der Waals surface area contributed by atoms with Gasteiger partial charge in [-0.1, -0.05) is 23.7 Å². The van der Waals surface area contributed by atoms with Gasteiger partial charge in [0.1, 0.15) is 0 Å². The third-order valence-electron chi connectivity index (χ3n) is 3.26. The second-order valence-electron chi connectivity index (χ2n) is 4.74. The molecule has 0 atom stereocenters. The van der Waals surface area contributed by atoms with Crippen molar-refractivity contribution in [2.45, 2.75) is 6.92 Å². The minimum atomic E-state index is -0.370. The lowest BCUT2D eigenvalue weighted by atomic mass is 10.1. The predicted octanol–water partition coefficient (Wildman–Crippen LogP) is 3.43. The number of methoxy groups -OCH3 is 2. The summed E-state index contributed by atoms with van der Waals surface area (Å²) in [4.78, 5) is 12.0. The van der Waals surface area contributed by atoms with E-state index in [1.165, 1.54) is 0 Å². The third kappa shape index (κ3) is 4.02. The molecule has 0 unspecified atom stereocenters. The van der Waals surface area contributed by atoms with Crippen molar-refractivity contribution in [1.29, 1.82) is 0 Å². The van der Waals surface area contributed by atoms with Crippen molar-refractivity contribution < 1.29 is 14.3 Å². The van der Waals surface area contributed by atoms with Crippen LogP contribution in [0.2, 0.25) is 5.02 Å². The molecule has 0 fully saturated rings. The number of ether oxygens (including phenoxy) is 2. The molecule has 0 bridgehead atoms. The van der Waals surface area contributed by atoms with Gasteiger partial charge in [0.05, 0.1) is 31.0 Å². The molecule has 120 valence electrons. The Bertz CT molecular complexity index is 745. The van der Waals surface area contributed by atoms with Gasteiger partial charge in [0.25, 0.3) is 5.91 Å². The largest absolute Gasteiger partial charge is 0.493 e. The maximum atomic E-state index is 12.0. The lowest BCUT2D eigenvalue weighted by Gasteiger charge is -2.10. The van der Waals surface area contributed by atoms with Crippen molar-refractivity contribution in [1.82, 2.24) is 5.43 Å². The van der Waals surface area contributed by atoms with E-state index in [9.17, 15) is 4.79 Å². The zero-order chi connectivity index (χ0) is 16.8. The number of nitrogens with one attached hydrogen (secondary N) is 1. The van der Waals surface area contributed by atoms with Crippen LogP contribution in [0.5, 0.6) is 11.5 Å². The van der Waals surface area contributed by atoms with Crippen LogP contribution in [0.4, 0.5) is 0 Å². The first-order valence-electron chi connectivity index (χ1n) is 6.87. The number of aryl methyl sites for hydroxylation is 1. The number of hydrogen-bond donors (Lipinski definition) is 1. The van der Waals surface area contributed by atoms with Crippen LogP contribution in [0.15, 0.2) is 41.5 Å². The molecule has 2 rings (SSSR count). The third-order valence-corrected chi connectivity index (χ3v) is 3.59. The lowest BCUT2D eigenvalue weighted by molar-refractivity contribution is 0.0955. The highest BCUT2D eigenvalue weighted by atomic mass is 35.5. The molecule has 0 saturated heterocycles. The fourth-order valence-corrected chi connectivity index (χ4v) is 2.22. The number of benzene rings is 2. The normalized spacial score (nSPS) is 10.6. The fourth-order valence-electron chi connectivity index (χ4n) is 2.00. The van der Waals surface area contributed by atoms with Gasteiger partial charge < -0.3 is 9.47 Å². The minimum Gasteiger partial charge on any atom is -0.493 e. The van der Waals surface area contributed by atoms with Crippen LogP contribution in [0.25, 0.3) is 0 Å². The zero-order valence-electron chi connectivity index (χ0n) is 13.1. The van der Waals surface area contributed by atoms with E-state index in [2.05, 4.69) is 10.5 Å². The molecule has 0 aromatic heterocycles. The maximum Gasteiger partial charge on any atom is 0.272 e. The van der Waals surface area contributed by atoms with Gasteiger partial charge in [0, 0.05) is 5.56 Å². The molecule has 0 aliphatic heterocycles. The second-order valence-corrected chi connectivity index (χ2v) is 5.15. The first kappa shape index (κ1) is 16.8. The highest BCUT2D eigenvalue weighted by Crippen LogP contribution is 2.29. The summed E-state index contributed by atoms with van der Waals surface area (Å²) in [6, 6.07) is 10.4. The van der Waals surface area contributed by atoms with Crippen LogP contribution in [0.3, 0.4) is 0 Å². The number of carbonyl (C=O) groups is 1. The highest BCUT2D eigenvalue weighted by molar-refractivity contribution is 6.33. The lowest BCUT2D eigenvalue weighted by Crippen LogP contribution is -2.18. The van der Waals surface area contributed by atoms with Crippen LogP contribution in [-0.2, 0) is 0 Å². The van der Waals surface area contributed by atoms with E-state index in [4.69, 9.17) is 21.1 Å². The molecule has 0 heterocycles. The first-order valence-corrected chi connectivity index (χ1v) is 7.25. The van der Waals surface area contributed by atoms with Crippen molar-refractivity contribution in [3.05, 3.63) is 58.1 Å². The average Bonchev–Trinajstić information content (AvgIpc) is 2.56. The molecule has 0 spiro atoms. The fraction of sp³-hybridized carbons (Fsp3) is 0.176. The van der Waals surface area contributed by atoms with Crippen LogP contribution in [-0.4, -0.2) is 26.3 Å². The average molecular weight is 333 g/mol. The van der Waals surface area contributed by atoms with Crippen LogP contribution in [0, 0.1) is 6.92 Å². The van der Waals surface area contributed by atoms with Crippen LogP contribution < -0.4 is 14.9 Å². The molecule has 2 aromatic rings. The Morgan fingerprint density at radius 3 is 2.48 bits per heavy atom. The van der Waals surface area contributed by atoms with E-state index in [0.717, 1.165) is 11.1 Å².